The van der Waals surface area contributed by atoms with Gasteiger partial charge in [0.05, 0.1) is 6.10 Å². The lowest BCUT2D eigenvalue weighted by Gasteiger charge is -2.21. The van der Waals surface area contributed by atoms with Crippen LogP contribution in [0.3, 0.4) is 0 Å². The Morgan fingerprint density at radius 2 is 1.96 bits per heavy atom. The maximum absolute atomic E-state index is 12.0. The summed E-state index contributed by atoms with van der Waals surface area (Å²) in [7, 11) is 0. The molecule has 0 spiro atoms. The number of rotatable bonds is 5. The fourth-order valence-corrected chi connectivity index (χ4v) is 2.35. The fourth-order valence-electron chi connectivity index (χ4n) is 2.35. The summed E-state index contributed by atoms with van der Waals surface area (Å²) in [5.41, 5.74) is 0.808. The van der Waals surface area contributed by atoms with E-state index in [2.05, 4.69) is 5.32 Å². The zero-order valence-corrected chi connectivity index (χ0v) is 12.3. The number of carbonyl (C=O) groups is 3. The van der Waals surface area contributed by atoms with E-state index in [1.54, 1.807) is 12.1 Å². The van der Waals surface area contributed by atoms with Gasteiger partial charge in [-0.15, -0.1) is 0 Å². The quantitative estimate of drug-likeness (QED) is 0.700. The first kappa shape index (κ1) is 16.8. The number of carbonyl (C=O) groups excluding carboxylic acids is 2. The normalized spacial score (nSPS) is 20.1. The van der Waals surface area contributed by atoms with E-state index in [0.717, 1.165) is 10.5 Å². The van der Waals surface area contributed by atoms with Gasteiger partial charge in [-0.25, -0.2) is 9.59 Å². The topological polar surface area (TPSA) is 116 Å². The predicted molar refractivity (Wildman–Crippen MR) is 78.4 cm³/mol. The van der Waals surface area contributed by atoms with E-state index in [0.29, 0.717) is 0 Å². The molecule has 0 radical (unpaired) electrons. The van der Waals surface area contributed by atoms with Crippen LogP contribution in [0.5, 0.6) is 0 Å². The highest BCUT2D eigenvalue weighted by molar-refractivity contribution is 5.87. The van der Waals surface area contributed by atoms with Gasteiger partial charge in [-0.3, -0.25) is 4.79 Å². The van der Waals surface area contributed by atoms with E-state index in [4.69, 9.17) is 9.84 Å². The van der Waals surface area contributed by atoms with Gasteiger partial charge in [0.1, 0.15) is 19.2 Å². The van der Waals surface area contributed by atoms with Gasteiger partial charge in [-0.1, -0.05) is 30.3 Å². The van der Waals surface area contributed by atoms with E-state index in [9.17, 15) is 19.5 Å². The van der Waals surface area contributed by atoms with Crippen LogP contribution in [0.15, 0.2) is 30.3 Å². The van der Waals surface area contributed by atoms with Gasteiger partial charge in [-0.2, -0.15) is 0 Å². The molecule has 1 aromatic carbocycles. The van der Waals surface area contributed by atoms with Crippen LogP contribution in [-0.2, 0) is 20.9 Å². The van der Waals surface area contributed by atoms with Crippen LogP contribution in [0.4, 0.5) is 4.79 Å². The predicted octanol–water partition coefficient (Wildman–Crippen LogP) is -0.0408. The summed E-state index contributed by atoms with van der Waals surface area (Å²) >= 11 is 0. The lowest BCUT2D eigenvalue weighted by molar-refractivity contribution is -0.147. The SMILES string of the molecule is O=C(NCC(=O)N1CC(O)CC1C(=O)O)OCc1ccccc1. The van der Waals surface area contributed by atoms with E-state index < -0.39 is 30.1 Å². The Hall–Kier alpha value is -2.61. The second-order valence-corrected chi connectivity index (χ2v) is 5.20. The number of likely N-dealkylation sites (tertiary alicyclic amines) is 1. The number of aliphatic hydroxyl groups is 1. The number of alkyl carbamates (subject to hydrolysis) is 1. The number of benzene rings is 1. The zero-order valence-electron chi connectivity index (χ0n) is 12.3. The van der Waals surface area contributed by atoms with Crippen LogP contribution in [-0.4, -0.2) is 58.3 Å². The van der Waals surface area contributed by atoms with E-state index >= 15 is 0 Å². The molecule has 0 bridgehead atoms. The molecule has 2 rings (SSSR count). The molecule has 3 N–H and O–H groups in total. The van der Waals surface area contributed by atoms with Crippen LogP contribution >= 0.6 is 0 Å². The van der Waals surface area contributed by atoms with Crippen LogP contribution in [0.1, 0.15) is 12.0 Å². The molecule has 1 aromatic rings. The standard InChI is InChI=1S/C15H18N2O6/c18-11-6-12(14(20)21)17(8-11)13(19)7-16-15(22)23-9-10-4-2-1-3-5-10/h1-5,11-12,18H,6-9H2,(H,16,22)(H,20,21). The number of carboxylic acids is 1. The van der Waals surface area contributed by atoms with Gasteiger partial charge in [0.2, 0.25) is 5.91 Å². The number of β-amino-alcohol motifs (C(OH)–C–C–N with tert-alkyl or cyclic N) is 1. The second kappa shape index (κ2) is 7.59. The Morgan fingerprint density at radius 1 is 1.26 bits per heavy atom. The van der Waals surface area contributed by atoms with Crippen molar-refractivity contribution in [1.29, 1.82) is 0 Å². The number of carboxylic acid groups (broad SMARTS) is 1. The molecule has 8 heteroatoms. The third kappa shape index (κ3) is 4.68. The third-order valence-electron chi connectivity index (χ3n) is 3.48. The smallest absolute Gasteiger partial charge is 0.407 e. The Morgan fingerprint density at radius 3 is 2.61 bits per heavy atom. The number of hydrogen-bond donors (Lipinski definition) is 3. The van der Waals surface area contributed by atoms with Gasteiger partial charge in [0.25, 0.3) is 0 Å². The summed E-state index contributed by atoms with van der Waals surface area (Å²) in [6.07, 6.45) is -1.65. The number of amides is 2. The summed E-state index contributed by atoms with van der Waals surface area (Å²) < 4.78 is 4.95. The molecule has 1 saturated heterocycles. The van der Waals surface area contributed by atoms with E-state index in [-0.39, 0.29) is 26.1 Å². The Balaban J connectivity index is 1.77. The van der Waals surface area contributed by atoms with Crippen LogP contribution in [0.2, 0.25) is 0 Å². The van der Waals surface area contributed by atoms with Crippen LogP contribution < -0.4 is 5.32 Å². The summed E-state index contributed by atoms with van der Waals surface area (Å²) in [5, 5.41) is 20.8. The number of nitrogens with zero attached hydrogens (tertiary/aromatic N) is 1. The van der Waals surface area contributed by atoms with Crippen molar-refractivity contribution in [2.24, 2.45) is 0 Å². The number of nitrogens with one attached hydrogen (secondary N) is 1. The Bertz CT molecular complexity index is 577. The highest BCUT2D eigenvalue weighted by Crippen LogP contribution is 2.18. The largest absolute Gasteiger partial charge is 0.480 e. The molecule has 1 fully saturated rings. The molecule has 23 heavy (non-hydrogen) atoms. The van der Waals surface area contributed by atoms with E-state index in [1.165, 1.54) is 0 Å². The van der Waals surface area contributed by atoms with Crippen molar-refractivity contribution in [3.63, 3.8) is 0 Å². The molecular weight excluding hydrogens is 304 g/mol. The molecule has 8 nitrogen and oxygen atoms in total. The summed E-state index contributed by atoms with van der Waals surface area (Å²) in [4.78, 5) is 35.6. The Kier molecular flexibility index (Phi) is 5.53. The van der Waals surface area contributed by atoms with Gasteiger partial charge in [0, 0.05) is 13.0 Å². The highest BCUT2D eigenvalue weighted by Gasteiger charge is 2.38. The van der Waals surface area contributed by atoms with Crippen molar-refractivity contribution in [2.75, 3.05) is 13.1 Å². The van der Waals surface area contributed by atoms with Crippen LogP contribution in [0, 0.1) is 0 Å². The molecule has 0 aliphatic carbocycles. The molecular formula is C15H18N2O6. The van der Waals surface area contributed by atoms with Crippen molar-refractivity contribution in [1.82, 2.24) is 10.2 Å². The summed E-state index contributed by atoms with van der Waals surface area (Å²) in [6.45, 7) is -0.373. The molecule has 2 atom stereocenters. The molecule has 1 aliphatic heterocycles. The zero-order chi connectivity index (χ0) is 16.8. The van der Waals surface area contributed by atoms with Gasteiger partial charge >= 0.3 is 12.1 Å². The number of aliphatic carboxylic acids is 1. The molecule has 1 aliphatic rings. The summed E-state index contributed by atoms with van der Waals surface area (Å²) in [5.74, 6) is -1.76. The second-order valence-electron chi connectivity index (χ2n) is 5.20. The minimum atomic E-state index is -1.18. The lowest BCUT2D eigenvalue weighted by Crippen LogP contribution is -2.45. The number of ether oxygens (including phenoxy) is 1. The van der Waals surface area contributed by atoms with Crippen molar-refractivity contribution in [3.05, 3.63) is 35.9 Å². The minimum absolute atomic E-state index is 0.0144. The van der Waals surface area contributed by atoms with Crippen molar-refractivity contribution < 1.29 is 29.3 Å². The van der Waals surface area contributed by atoms with Crippen molar-refractivity contribution in [3.8, 4) is 0 Å². The average Bonchev–Trinajstić information content (AvgIpc) is 2.94. The molecule has 124 valence electrons. The monoisotopic (exact) mass is 322 g/mol. The highest BCUT2D eigenvalue weighted by atomic mass is 16.5. The number of hydrogen-bond acceptors (Lipinski definition) is 5. The van der Waals surface area contributed by atoms with E-state index in [1.807, 2.05) is 18.2 Å². The van der Waals surface area contributed by atoms with Crippen LogP contribution in [0.25, 0.3) is 0 Å². The molecule has 2 unspecified atom stereocenters. The molecule has 1 heterocycles. The third-order valence-corrected chi connectivity index (χ3v) is 3.48. The average molecular weight is 322 g/mol. The molecule has 0 saturated carbocycles. The molecule has 2 amide bonds. The van der Waals surface area contributed by atoms with Gasteiger partial charge in [0.15, 0.2) is 0 Å². The van der Waals surface area contributed by atoms with Crippen molar-refractivity contribution in [2.45, 2.75) is 25.2 Å². The lowest BCUT2D eigenvalue weighted by atomic mass is 10.2. The summed E-state index contributed by atoms with van der Waals surface area (Å²) in [6, 6.07) is 7.98. The first-order valence-electron chi connectivity index (χ1n) is 7.12. The number of aliphatic hydroxyl groups excluding tert-OH is 1. The maximum atomic E-state index is 12.0. The fraction of sp³-hybridized carbons (Fsp3) is 0.400. The first-order chi connectivity index (χ1) is 11.0. The molecule has 0 aromatic heterocycles. The van der Waals surface area contributed by atoms with Gasteiger partial charge < -0.3 is 25.2 Å². The first-order valence-corrected chi connectivity index (χ1v) is 7.12. The van der Waals surface area contributed by atoms with Crippen molar-refractivity contribution >= 4 is 18.0 Å². The van der Waals surface area contributed by atoms with Gasteiger partial charge in [-0.05, 0) is 5.56 Å². The maximum Gasteiger partial charge on any atom is 0.407 e. The minimum Gasteiger partial charge on any atom is -0.480 e. The Labute approximate surface area is 132 Å².